The highest BCUT2D eigenvalue weighted by Gasteiger charge is 2.37. The van der Waals surface area contributed by atoms with Crippen LogP contribution < -0.4 is 0 Å². The lowest BCUT2D eigenvalue weighted by molar-refractivity contribution is -0.0399. The third-order valence-corrected chi connectivity index (χ3v) is 8.53. The molecule has 11 nitrogen and oxygen atoms in total. The molecule has 0 amide bonds. The van der Waals surface area contributed by atoms with Gasteiger partial charge in [0.1, 0.15) is 5.60 Å². The minimum absolute atomic E-state index is 0.417. The normalized spacial score (nSPS) is 12.3. The molecule has 55 heavy (non-hydrogen) atoms. The average Bonchev–Trinajstić information content (AvgIpc) is 3.23. The van der Waals surface area contributed by atoms with E-state index in [0.29, 0.717) is 138 Å². The fourth-order valence-electron chi connectivity index (χ4n) is 5.40. The van der Waals surface area contributed by atoms with Crippen LogP contribution in [-0.4, -0.2) is 139 Å². The van der Waals surface area contributed by atoms with E-state index >= 15 is 0 Å². The molecule has 3 rings (SSSR count). The van der Waals surface area contributed by atoms with E-state index in [1.165, 1.54) is 0 Å². The van der Waals surface area contributed by atoms with Crippen LogP contribution in [0.25, 0.3) is 0 Å². The van der Waals surface area contributed by atoms with E-state index in [9.17, 15) is 0 Å². The minimum Gasteiger partial charge on any atom is -0.379 e. The Balaban J connectivity index is 1.06. The first-order chi connectivity index (χ1) is 27.3. The summed E-state index contributed by atoms with van der Waals surface area (Å²) in [5, 5.41) is 0. The smallest absolute Gasteiger partial charge is 0.143 e. The van der Waals surface area contributed by atoms with Crippen molar-refractivity contribution in [2.45, 2.75) is 25.9 Å². The van der Waals surface area contributed by atoms with Gasteiger partial charge in [-0.25, -0.2) is 0 Å². The van der Waals surface area contributed by atoms with Crippen molar-refractivity contribution in [3.05, 3.63) is 108 Å². The molecule has 0 spiro atoms. The van der Waals surface area contributed by atoms with Crippen LogP contribution in [0.5, 0.6) is 0 Å². The van der Waals surface area contributed by atoms with Gasteiger partial charge in [-0.05, 0) is 22.6 Å². The maximum absolute atomic E-state index is 6.73. The molecule has 1 atom stereocenters. The van der Waals surface area contributed by atoms with Crippen molar-refractivity contribution in [1.29, 1.82) is 0 Å². The van der Waals surface area contributed by atoms with Gasteiger partial charge in [-0.2, -0.15) is 0 Å². The zero-order chi connectivity index (χ0) is 38.8. The van der Waals surface area contributed by atoms with E-state index in [0.717, 1.165) is 29.7 Å². The Morgan fingerprint density at radius 2 is 0.582 bits per heavy atom. The molecule has 0 aliphatic carbocycles. The van der Waals surface area contributed by atoms with Gasteiger partial charge in [-0.1, -0.05) is 111 Å². The van der Waals surface area contributed by atoms with E-state index in [2.05, 4.69) is 50.2 Å². The number of benzene rings is 3. The molecule has 0 radical (unpaired) electrons. The van der Waals surface area contributed by atoms with Crippen molar-refractivity contribution in [1.82, 2.24) is 0 Å². The van der Waals surface area contributed by atoms with E-state index in [1.54, 1.807) is 0 Å². The van der Waals surface area contributed by atoms with Crippen LogP contribution in [0.2, 0.25) is 0 Å². The van der Waals surface area contributed by atoms with Crippen molar-refractivity contribution in [3.8, 4) is 0 Å². The van der Waals surface area contributed by atoms with Gasteiger partial charge in [0, 0.05) is 6.61 Å². The van der Waals surface area contributed by atoms with Crippen molar-refractivity contribution in [2.75, 3.05) is 139 Å². The first kappa shape index (κ1) is 46.6. The molecule has 0 aliphatic rings. The SMILES string of the molecule is CCC(C)COCCOCCOCCOCCOCCOCCOCCOCCOCCOCCOC(c1ccccc1)(c1ccccc1)c1ccccc1. The van der Waals surface area contributed by atoms with E-state index < -0.39 is 5.60 Å². The van der Waals surface area contributed by atoms with Crippen molar-refractivity contribution >= 4 is 0 Å². The van der Waals surface area contributed by atoms with Crippen LogP contribution >= 0.6 is 0 Å². The molecule has 0 saturated heterocycles. The largest absolute Gasteiger partial charge is 0.379 e. The molecule has 0 aromatic heterocycles. The second kappa shape index (κ2) is 32.3. The van der Waals surface area contributed by atoms with E-state index in [1.807, 2.05) is 54.6 Å². The summed E-state index contributed by atoms with van der Waals surface area (Å²) in [6.45, 7) is 15.4. The lowest BCUT2D eigenvalue weighted by atomic mass is 9.80. The van der Waals surface area contributed by atoms with Crippen molar-refractivity contribution in [2.24, 2.45) is 5.92 Å². The molecule has 0 N–H and O–H groups in total. The van der Waals surface area contributed by atoms with Gasteiger partial charge in [0.15, 0.2) is 0 Å². The number of hydrogen-bond donors (Lipinski definition) is 0. The molecule has 3 aromatic carbocycles. The predicted octanol–water partition coefficient (Wildman–Crippen LogP) is 6.21. The van der Waals surface area contributed by atoms with Gasteiger partial charge in [-0.15, -0.1) is 0 Å². The highest BCUT2D eigenvalue weighted by atomic mass is 16.6. The maximum atomic E-state index is 6.73. The van der Waals surface area contributed by atoms with Crippen molar-refractivity contribution in [3.63, 3.8) is 0 Å². The topological polar surface area (TPSA) is 102 Å². The monoisotopic (exact) mass is 770 g/mol. The summed E-state index contributed by atoms with van der Waals surface area (Å²) >= 11 is 0. The Kier molecular flexibility index (Phi) is 27.4. The molecule has 3 aromatic rings. The molecule has 0 aliphatic heterocycles. The second-order valence-electron chi connectivity index (χ2n) is 12.7. The van der Waals surface area contributed by atoms with E-state index in [-0.39, 0.29) is 0 Å². The Labute approximate surface area is 329 Å². The zero-order valence-corrected chi connectivity index (χ0v) is 33.3. The van der Waals surface area contributed by atoms with Crippen LogP contribution in [0.3, 0.4) is 0 Å². The van der Waals surface area contributed by atoms with Gasteiger partial charge in [0.05, 0.1) is 132 Å². The summed E-state index contributed by atoms with van der Waals surface area (Å²) < 4.78 is 62.5. The lowest BCUT2D eigenvalue weighted by Crippen LogP contribution is -2.34. The molecule has 0 bridgehead atoms. The molecule has 0 fully saturated rings. The lowest BCUT2D eigenvalue weighted by Gasteiger charge is -2.36. The quantitative estimate of drug-likeness (QED) is 0.0495. The van der Waals surface area contributed by atoms with Gasteiger partial charge in [0.2, 0.25) is 0 Å². The van der Waals surface area contributed by atoms with Crippen LogP contribution in [0.15, 0.2) is 91.0 Å². The number of hydrogen-bond acceptors (Lipinski definition) is 11. The summed E-state index contributed by atoms with van der Waals surface area (Å²) in [4.78, 5) is 0. The van der Waals surface area contributed by atoms with Crippen LogP contribution in [0, 0.1) is 5.92 Å². The van der Waals surface area contributed by atoms with Crippen LogP contribution in [0.4, 0.5) is 0 Å². The van der Waals surface area contributed by atoms with Gasteiger partial charge in [0.25, 0.3) is 0 Å². The Morgan fingerprint density at radius 1 is 0.345 bits per heavy atom. The summed E-state index contributed by atoms with van der Waals surface area (Å²) in [6.07, 6.45) is 1.13. The standard InChI is InChI=1S/C44H66O11/c1-3-40(2)39-54-36-35-52-32-31-50-28-27-48-24-23-46-20-19-45-21-22-47-25-26-49-29-30-51-33-34-53-37-38-55-44(41-13-7-4-8-14-41,42-15-9-5-10-16-42)43-17-11-6-12-18-43/h4-18,40H,3,19-39H2,1-2H3. The second-order valence-corrected chi connectivity index (χ2v) is 12.7. The molecule has 1 unspecified atom stereocenters. The molecule has 0 heterocycles. The van der Waals surface area contributed by atoms with Gasteiger partial charge < -0.3 is 52.1 Å². The summed E-state index contributed by atoms with van der Waals surface area (Å²) in [5.41, 5.74) is 2.46. The zero-order valence-electron chi connectivity index (χ0n) is 33.3. The first-order valence-electron chi connectivity index (χ1n) is 19.8. The van der Waals surface area contributed by atoms with Gasteiger partial charge in [-0.3, -0.25) is 0 Å². The van der Waals surface area contributed by atoms with Crippen LogP contribution in [0.1, 0.15) is 37.0 Å². The molecule has 308 valence electrons. The highest BCUT2D eigenvalue weighted by molar-refractivity contribution is 5.47. The predicted molar refractivity (Wildman–Crippen MR) is 213 cm³/mol. The third-order valence-electron chi connectivity index (χ3n) is 8.53. The third kappa shape index (κ3) is 20.8. The fourth-order valence-corrected chi connectivity index (χ4v) is 5.40. The Hall–Kier alpha value is -2.78. The molecular weight excluding hydrogens is 704 g/mol. The average molecular weight is 771 g/mol. The summed E-state index contributed by atoms with van der Waals surface area (Å²) in [5.74, 6) is 0.594. The Morgan fingerprint density at radius 3 is 0.836 bits per heavy atom. The fraction of sp³-hybridized carbons (Fsp3) is 0.591. The first-order valence-corrected chi connectivity index (χ1v) is 19.8. The maximum Gasteiger partial charge on any atom is 0.143 e. The minimum atomic E-state index is -0.750. The van der Waals surface area contributed by atoms with Gasteiger partial charge >= 0.3 is 0 Å². The summed E-state index contributed by atoms with van der Waals surface area (Å²) in [7, 11) is 0. The van der Waals surface area contributed by atoms with Crippen LogP contribution in [-0.2, 0) is 57.7 Å². The highest BCUT2D eigenvalue weighted by Crippen LogP contribution is 2.40. The molecule has 11 heteroatoms. The summed E-state index contributed by atoms with van der Waals surface area (Å²) in [6, 6.07) is 31.0. The molecular formula is C44H66O11. The Bertz CT molecular complexity index is 1160. The number of rotatable bonds is 37. The van der Waals surface area contributed by atoms with Crippen molar-refractivity contribution < 1.29 is 52.1 Å². The number of ether oxygens (including phenoxy) is 11. The molecule has 0 saturated carbocycles. The van der Waals surface area contributed by atoms with E-state index in [4.69, 9.17) is 52.1 Å².